The number of carbonyl (C=O) groups is 1. The van der Waals surface area contributed by atoms with Crippen LogP contribution in [0.15, 0.2) is 53.7 Å². The normalized spacial score (nSPS) is 12.3. The summed E-state index contributed by atoms with van der Waals surface area (Å²) in [6, 6.07) is 12.5. The Labute approximate surface area is 204 Å². The molecule has 1 atom stereocenters. The van der Waals surface area contributed by atoms with Crippen molar-refractivity contribution in [3.05, 3.63) is 54.4 Å². The molecule has 1 N–H and O–H groups in total. The maximum Gasteiger partial charge on any atom is 0.573 e. The van der Waals surface area contributed by atoms with Crippen molar-refractivity contribution in [1.29, 1.82) is 0 Å². The predicted molar refractivity (Wildman–Crippen MR) is 125 cm³/mol. The van der Waals surface area contributed by atoms with E-state index in [1.807, 2.05) is 37.5 Å². The molecule has 0 fully saturated rings. The summed E-state index contributed by atoms with van der Waals surface area (Å²) < 4.78 is 54.9. The number of rotatable bonds is 10. The number of ether oxygens (including phenoxy) is 3. The second kappa shape index (κ2) is 11.3. The van der Waals surface area contributed by atoms with Crippen LogP contribution in [0.4, 0.5) is 18.9 Å². The van der Waals surface area contributed by atoms with Crippen LogP contribution in [0.3, 0.4) is 0 Å². The third-order valence-electron chi connectivity index (χ3n) is 4.64. The van der Waals surface area contributed by atoms with E-state index in [9.17, 15) is 18.0 Å². The summed E-state index contributed by atoms with van der Waals surface area (Å²) in [5, 5.41) is 11.4. The van der Waals surface area contributed by atoms with Crippen LogP contribution in [0.5, 0.6) is 17.2 Å². The van der Waals surface area contributed by atoms with Gasteiger partial charge in [0.1, 0.15) is 11.5 Å². The van der Waals surface area contributed by atoms with Crippen LogP contribution in [0.1, 0.15) is 38.7 Å². The summed E-state index contributed by atoms with van der Waals surface area (Å²) in [7, 11) is 1.57. The van der Waals surface area contributed by atoms with E-state index in [1.165, 1.54) is 18.2 Å². The highest BCUT2D eigenvalue weighted by Crippen LogP contribution is 2.31. The Kier molecular flexibility index (Phi) is 8.49. The molecule has 1 amide bonds. The minimum atomic E-state index is -4.87. The van der Waals surface area contributed by atoms with Gasteiger partial charge >= 0.3 is 6.36 Å². The third kappa shape index (κ3) is 7.28. The zero-order valence-corrected chi connectivity index (χ0v) is 20.3. The van der Waals surface area contributed by atoms with Crippen molar-refractivity contribution < 1.29 is 32.2 Å². The lowest BCUT2D eigenvalue weighted by molar-refractivity contribution is -0.274. The molecule has 3 aromatic rings. The lowest BCUT2D eigenvalue weighted by Crippen LogP contribution is -2.20. The van der Waals surface area contributed by atoms with E-state index in [-0.39, 0.29) is 17.5 Å². The fourth-order valence-electron chi connectivity index (χ4n) is 3.18. The summed E-state index contributed by atoms with van der Waals surface area (Å²) in [6.07, 6.45) is -5.32. The Bertz CT molecular complexity index is 1150. The van der Waals surface area contributed by atoms with Gasteiger partial charge in [-0.2, -0.15) is 0 Å². The van der Waals surface area contributed by atoms with Crippen molar-refractivity contribution in [2.75, 3.05) is 18.2 Å². The number of anilines is 1. The lowest BCUT2D eigenvalue weighted by Gasteiger charge is -2.19. The monoisotopic (exact) mass is 510 g/mol. The van der Waals surface area contributed by atoms with Gasteiger partial charge in [-0.05, 0) is 45.0 Å². The molecule has 188 valence electrons. The molecule has 2 aromatic carbocycles. The van der Waals surface area contributed by atoms with Gasteiger partial charge in [0.05, 0.1) is 18.6 Å². The van der Waals surface area contributed by atoms with E-state index >= 15 is 0 Å². The molecule has 0 aliphatic carbocycles. The average molecular weight is 511 g/mol. The van der Waals surface area contributed by atoms with Crippen LogP contribution in [0.2, 0.25) is 0 Å². The number of nitrogens with zero attached hydrogens (tertiary/aromatic N) is 3. The molecule has 1 aromatic heterocycles. The van der Waals surface area contributed by atoms with E-state index in [1.54, 1.807) is 19.2 Å². The van der Waals surface area contributed by atoms with Gasteiger partial charge in [-0.15, -0.1) is 23.4 Å². The highest BCUT2D eigenvalue weighted by molar-refractivity contribution is 7.99. The Balaban J connectivity index is 1.69. The number of aromatic nitrogens is 3. The summed E-state index contributed by atoms with van der Waals surface area (Å²) >= 11 is 1.11. The largest absolute Gasteiger partial charge is 0.573 e. The first-order valence-electron chi connectivity index (χ1n) is 10.6. The van der Waals surface area contributed by atoms with E-state index in [2.05, 4.69) is 20.3 Å². The highest BCUT2D eigenvalue weighted by atomic mass is 32.2. The molecule has 0 saturated heterocycles. The van der Waals surface area contributed by atoms with Gasteiger partial charge in [0.25, 0.3) is 0 Å². The second-order valence-electron chi connectivity index (χ2n) is 7.62. The van der Waals surface area contributed by atoms with Gasteiger partial charge in [-0.3, -0.25) is 4.79 Å². The maximum atomic E-state index is 12.6. The SMILES string of the molecule is COc1cccc(OC(C)c2nnc(SCC(=O)Nc3ccccc3OC(F)(F)F)n2C(C)C)c1. The molecule has 1 heterocycles. The minimum absolute atomic E-state index is 0.0390. The van der Waals surface area contributed by atoms with Crippen LogP contribution in [-0.2, 0) is 4.79 Å². The van der Waals surface area contributed by atoms with Crippen molar-refractivity contribution in [3.8, 4) is 17.2 Å². The molecular formula is C23H25F3N4O4S. The van der Waals surface area contributed by atoms with E-state index < -0.39 is 24.1 Å². The van der Waals surface area contributed by atoms with Gasteiger partial charge in [0.2, 0.25) is 5.91 Å². The molecule has 0 aliphatic heterocycles. The van der Waals surface area contributed by atoms with Crippen molar-refractivity contribution in [2.24, 2.45) is 0 Å². The summed E-state index contributed by atoms with van der Waals surface area (Å²) in [6.45, 7) is 5.72. The summed E-state index contributed by atoms with van der Waals surface area (Å²) in [5.74, 6) is 0.710. The van der Waals surface area contributed by atoms with E-state index in [0.717, 1.165) is 17.8 Å². The molecule has 12 heteroatoms. The molecule has 1 unspecified atom stereocenters. The van der Waals surface area contributed by atoms with Crippen molar-refractivity contribution >= 4 is 23.4 Å². The Morgan fingerprint density at radius 3 is 2.49 bits per heavy atom. The molecule has 3 rings (SSSR count). The lowest BCUT2D eigenvalue weighted by atomic mass is 10.3. The fourth-order valence-corrected chi connectivity index (χ4v) is 4.06. The van der Waals surface area contributed by atoms with Gasteiger partial charge in [-0.1, -0.05) is 30.0 Å². The first-order valence-corrected chi connectivity index (χ1v) is 11.6. The van der Waals surface area contributed by atoms with Crippen LogP contribution >= 0.6 is 11.8 Å². The van der Waals surface area contributed by atoms with E-state index in [0.29, 0.717) is 22.5 Å². The van der Waals surface area contributed by atoms with Crippen molar-refractivity contribution in [2.45, 2.75) is 44.4 Å². The van der Waals surface area contributed by atoms with Crippen LogP contribution in [-0.4, -0.2) is 39.9 Å². The molecule has 8 nitrogen and oxygen atoms in total. The number of thioether (sulfide) groups is 1. The van der Waals surface area contributed by atoms with Crippen LogP contribution < -0.4 is 19.5 Å². The Hall–Kier alpha value is -3.41. The Morgan fingerprint density at radius 1 is 1.09 bits per heavy atom. The van der Waals surface area contributed by atoms with E-state index in [4.69, 9.17) is 9.47 Å². The quantitative estimate of drug-likeness (QED) is 0.353. The number of amides is 1. The van der Waals surface area contributed by atoms with Gasteiger partial charge in [0.15, 0.2) is 22.8 Å². The number of para-hydroxylation sites is 2. The standard InChI is InChI=1S/C23H25F3N4O4S/c1-14(2)30-21(15(3)33-17-9-7-8-16(12-17)32-4)28-29-22(30)35-13-20(31)27-18-10-5-6-11-19(18)34-23(24,25)26/h5-12,14-15H,13H2,1-4H3,(H,27,31). The average Bonchev–Trinajstić information content (AvgIpc) is 3.23. The molecule has 0 aliphatic rings. The van der Waals surface area contributed by atoms with Gasteiger partial charge in [0, 0.05) is 12.1 Å². The fraction of sp³-hybridized carbons (Fsp3) is 0.348. The molecular weight excluding hydrogens is 485 g/mol. The maximum absolute atomic E-state index is 12.6. The molecule has 0 saturated carbocycles. The highest BCUT2D eigenvalue weighted by Gasteiger charge is 2.32. The molecule has 35 heavy (non-hydrogen) atoms. The minimum Gasteiger partial charge on any atom is -0.497 e. The number of halogens is 3. The third-order valence-corrected chi connectivity index (χ3v) is 5.59. The molecule has 0 spiro atoms. The number of hydrogen-bond acceptors (Lipinski definition) is 7. The van der Waals surface area contributed by atoms with Gasteiger partial charge < -0.3 is 24.1 Å². The van der Waals surface area contributed by atoms with Crippen LogP contribution in [0.25, 0.3) is 0 Å². The zero-order valence-electron chi connectivity index (χ0n) is 19.5. The number of carbonyl (C=O) groups excluding carboxylic acids is 1. The van der Waals surface area contributed by atoms with Crippen molar-refractivity contribution in [3.63, 3.8) is 0 Å². The number of methoxy groups -OCH3 is 1. The first-order chi connectivity index (χ1) is 16.6. The number of alkyl halides is 3. The summed E-state index contributed by atoms with van der Waals surface area (Å²) in [5.41, 5.74) is -0.0817. The Morgan fingerprint density at radius 2 is 1.80 bits per heavy atom. The molecule has 0 radical (unpaired) electrons. The summed E-state index contributed by atoms with van der Waals surface area (Å²) in [4.78, 5) is 12.5. The van der Waals surface area contributed by atoms with Crippen molar-refractivity contribution in [1.82, 2.24) is 14.8 Å². The number of hydrogen-bond donors (Lipinski definition) is 1. The number of benzene rings is 2. The zero-order chi connectivity index (χ0) is 25.6. The van der Waals surface area contributed by atoms with Gasteiger partial charge in [-0.25, -0.2) is 0 Å². The second-order valence-corrected chi connectivity index (χ2v) is 8.57. The molecule has 0 bridgehead atoms. The van der Waals surface area contributed by atoms with Crippen LogP contribution in [0, 0.1) is 0 Å². The first kappa shape index (κ1) is 26.2. The predicted octanol–water partition coefficient (Wildman–Crippen LogP) is 5.64. The smallest absolute Gasteiger partial charge is 0.497 e. The number of nitrogens with one attached hydrogen (secondary N) is 1. The topological polar surface area (TPSA) is 87.5 Å².